The van der Waals surface area contributed by atoms with Crippen LogP contribution in [0.5, 0.6) is 0 Å². The fourth-order valence-corrected chi connectivity index (χ4v) is 4.41. The van der Waals surface area contributed by atoms with Gasteiger partial charge in [-0.25, -0.2) is 0 Å². The monoisotopic (exact) mass is 311 g/mol. The fourth-order valence-electron chi connectivity index (χ4n) is 4.41. The summed E-state index contributed by atoms with van der Waals surface area (Å²) in [6.07, 6.45) is 0.726. The van der Waals surface area contributed by atoms with Crippen LogP contribution in [0.2, 0.25) is 0 Å². The van der Waals surface area contributed by atoms with Gasteiger partial charge in [0.15, 0.2) is 0 Å². The molecule has 120 valence electrons. The number of rotatable bonds is 1. The van der Waals surface area contributed by atoms with Crippen molar-refractivity contribution < 1.29 is 17.9 Å². The highest BCUT2D eigenvalue weighted by molar-refractivity contribution is 5.41. The van der Waals surface area contributed by atoms with Crippen LogP contribution in [0.3, 0.4) is 0 Å². The Bertz CT molecular complexity index is 566. The molecule has 1 aromatic carbocycles. The fraction of sp³-hybridized carbons (Fsp3) is 0.647. The molecule has 2 atom stereocenters. The Morgan fingerprint density at radius 1 is 1.09 bits per heavy atom. The Labute approximate surface area is 128 Å². The first-order chi connectivity index (χ1) is 10.5. The smallest absolute Gasteiger partial charge is 0.371 e. The van der Waals surface area contributed by atoms with Gasteiger partial charge in [0.05, 0.1) is 18.3 Å². The van der Waals surface area contributed by atoms with E-state index in [1.54, 1.807) is 6.07 Å². The molecular formula is C17H20F3NO. The molecule has 0 amide bonds. The minimum absolute atomic E-state index is 0.0524. The van der Waals surface area contributed by atoms with Gasteiger partial charge in [-0.2, -0.15) is 13.2 Å². The number of ether oxygens (including phenoxy) is 1. The SMILES string of the molecule is FC(F)(F)c1cccc2c1COC1CN(C3CCCC3)CC21. The van der Waals surface area contributed by atoms with E-state index >= 15 is 0 Å². The van der Waals surface area contributed by atoms with Crippen LogP contribution in [-0.2, 0) is 17.5 Å². The molecule has 5 heteroatoms. The zero-order chi connectivity index (χ0) is 15.3. The Morgan fingerprint density at radius 2 is 1.86 bits per heavy atom. The maximum absolute atomic E-state index is 13.2. The van der Waals surface area contributed by atoms with Crippen molar-refractivity contribution >= 4 is 0 Å². The third-order valence-electron chi connectivity index (χ3n) is 5.49. The van der Waals surface area contributed by atoms with Gasteiger partial charge in [0.1, 0.15) is 0 Å². The van der Waals surface area contributed by atoms with Crippen molar-refractivity contribution in [3.63, 3.8) is 0 Å². The summed E-state index contributed by atoms with van der Waals surface area (Å²) < 4.78 is 45.3. The first-order valence-corrected chi connectivity index (χ1v) is 8.08. The molecule has 1 saturated carbocycles. The van der Waals surface area contributed by atoms with Crippen LogP contribution < -0.4 is 0 Å². The number of likely N-dealkylation sites (tertiary alicyclic amines) is 1. The summed E-state index contributed by atoms with van der Waals surface area (Å²) in [5.41, 5.74) is 0.680. The molecule has 1 saturated heterocycles. The van der Waals surface area contributed by atoms with E-state index in [0.717, 1.165) is 18.7 Å². The molecule has 2 nitrogen and oxygen atoms in total. The number of hydrogen-bond donors (Lipinski definition) is 0. The first kappa shape index (κ1) is 14.5. The van der Waals surface area contributed by atoms with Crippen molar-refractivity contribution in [1.29, 1.82) is 0 Å². The standard InChI is InChI=1S/C17H20F3NO/c18-17(19,20)15-7-3-6-12-13-8-21(11-4-1-2-5-11)9-16(13)22-10-14(12)15/h3,6-7,11,13,16H,1-2,4-5,8-10H2. The summed E-state index contributed by atoms with van der Waals surface area (Å²) in [5, 5.41) is 0. The number of hydrogen-bond acceptors (Lipinski definition) is 2. The van der Waals surface area contributed by atoms with Gasteiger partial charge in [0.2, 0.25) is 0 Å². The van der Waals surface area contributed by atoms with E-state index in [1.807, 2.05) is 6.07 Å². The van der Waals surface area contributed by atoms with Crippen molar-refractivity contribution in [2.45, 2.75) is 56.5 Å². The summed E-state index contributed by atoms with van der Waals surface area (Å²) in [6, 6.07) is 5.18. The summed E-state index contributed by atoms with van der Waals surface area (Å²) in [4.78, 5) is 2.44. The molecule has 0 bridgehead atoms. The molecule has 2 heterocycles. The van der Waals surface area contributed by atoms with E-state index in [9.17, 15) is 13.2 Å². The highest BCUT2D eigenvalue weighted by Gasteiger charge is 2.44. The molecular weight excluding hydrogens is 291 g/mol. The minimum atomic E-state index is -4.30. The average Bonchev–Trinajstić information content (AvgIpc) is 3.14. The second-order valence-corrected chi connectivity index (χ2v) is 6.72. The van der Waals surface area contributed by atoms with Gasteiger partial charge in [-0.1, -0.05) is 25.0 Å². The lowest BCUT2D eigenvalue weighted by Gasteiger charge is -2.29. The molecule has 0 spiro atoms. The lowest BCUT2D eigenvalue weighted by Crippen LogP contribution is -2.32. The third-order valence-corrected chi connectivity index (χ3v) is 5.49. The van der Waals surface area contributed by atoms with E-state index in [2.05, 4.69) is 4.90 Å². The van der Waals surface area contributed by atoms with Gasteiger partial charge in [-0.15, -0.1) is 0 Å². The van der Waals surface area contributed by atoms with Gasteiger partial charge < -0.3 is 4.74 Å². The summed E-state index contributed by atoms with van der Waals surface area (Å²) in [5.74, 6) is 0.0895. The van der Waals surface area contributed by atoms with E-state index in [0.29, 0.717) is 11.6 Å². The van der Waals surface area contributed by atoms with Gasteiger partial charge in [-0.3, -0.25) is 4.90 Å². The predicted octanol–water partition coefficient (Wildman–Crippen LogP) is 3.95. The second kappa shape index (κ2) is 5.24. The molecule has 22 heavy (non-hydrogen) atoms. The van der Waals surface area contributed by atoms with E-state index < -0.39 is 11.7 Å². The molecule has 1 aliphatic carbocycles. The van der Waals surface area contributed by atoms with Crippen LogP contribution in [-0.4, -0.2) is 30.1 Å². The molecule has 2 unspecified atom stereocenters. The number of fused-ring (bicyclic) bond motifs is 3. The Balaban J connectivity index is 1.64. The van der Waals surface area contributed by atoms with Crippen LogP contribution >= 0.6 is 0 Å². The molecule has 1 aromatic rings. The molecule has 2 aliphatic heterocycles. The molecule has 2 fully saturated rings. The summed E-state index contributed by atoms with van der Waals surface area (Å²) >= 11 is 0. The Kier molecular flexibility index (Phi) is 3.46. The largest absolute Gasteiger partial charge is 0.416 e. The molecule has 4 rings (SSSR count). The van der Waals surface area contributed by atoms with Crippen LogP contribution in [0.15, 0.2) is 18.2 Å². The zero-order valence-corrected chi connectivity index (χ0v) is 12.4. The van der Waals surface area contributed by atoms with Crippen LogP contribution in [0.1, 0.15) is 48.3 Å². The number of alkyl halides is 3. The number of nitrogens with zero attached hydrogens (tertiary/aromatic N) is 1. The lowest BCUT2D eigenvalue weighted by atomic mass is 9.87. The van der Waals surface area contributed by atoms with Crippen molar-refractivity contribution in [3.8, 4) is 0 Å². The molecule has 0 radical (unpaired) electrons. The highest BCUT2D eigenvalue weighted by Crippen LogP contribution is 2.43. The maximum Gasteiger partial charge on any atom is 0.416 e. The molecule has 0 aromatic heterocycles. The highest BCUT2D eigenvalue weighted by atomic mass is 19.4. The quantitative estimate of drug-likeness (QED) is 0.779. The van der Waals surface area contributed by atoms with Crippen LogP contribution in [0.4, 0.5) is 13.2 Å². The minimum Gasteiger partial charge on any atom is -0.371 e. The van der Waals surface area contributed by atoms with Crippen molar-refractivity contribution in [1.82, 2.24) is 4.90 Å². The molecule has 0 N–H and O–H groups in total. The van der Waals surface area contributed by atoms with Gasteiger partial charge in [0.25, 0.3) is 0 Å². The third kappa shape index (κ3) is 2.35. The van der Waals surface area contributed by atoms with E-state index in [1.165, 1.54) is 31.7 Å². The number of benzene rings is 1. The first-order valence-electron chi connectivity index (χ1n) is 8.08. The lowest BCUT2D eigenvalue weighted by molar-refractivity contribution is -0.139. The van der Waals surface area contributed by atoms with Crippen molar-refractivity contribution in [2.24, 2.45) is 0 Å². The topological polar surface area (TPSA) is 12.5 Å². The average molecular weight is 311 g/mol. The summed E-state index contributed by atoms with van der Waals surface area (Å²) in [6.45, 7) is 1.79. The van der Waals surface area contributed by atoms with Crippen LogP contribution in [0.25, 0.3) is 0 Å². The van der Waals surface area contributed by atoms with Crippen LogP contribution in [0, 0.1) is 0 Å². The van der Waals surface area contributed by atoms with E-state index in [-0.39, 0.29) is 18.6 Å². The predicted molar refractivity (Wildman–Crippen MR) is 76.6 cm³/mol. The number of halogens is 3. The second-order valence-electron chi connectivity index (χ2n) is 6.72. The molecule has 3 aliphatic rings. The Morgan fingerprint density at radius 3 is 2.59 bits per heavy atom. The van der Waals surface area contributed by atoms with E-state index in [4.69, 9.17) is 4.74 Å². The van der Waals surface area contributed by atoms with Gasteiger partial charge in [-0.05, 0) is 30.0 Å². The van der Waals surface area contributed by atoms with Gasteiger partial charge in [0, 0.05) is 25.0 Å². The normalized spacial score (nSPS) is 29.6. The van der Waals surface area contributed by atoms with Crippen molar-refractivity contribution in [3.05, 3.63) is 34.9 Å². The van der Waals surface area contributed by atoms with Gasteiger partial charge >= 0.3 is 6.18 Å². The Hall–Kier alpha value is -1.07. The summed E-state index contributed by atoms with van der Waals surface area (Å²) in [7, 11) is 0. The van der Waals surface area contributed by atoms with Crippen molar-refractivity contribution in [2.75, 3.05) is 13.1 Å². The zero-order valence-electron chi connectivity index (χ0n) is 12.4. The maximum atomic E-state index is 13.2.